The van der Waals surface area contributed by atoms with Crippen LogP contribution in [0.25, 0.3) is 0 Å². The molecule has 0 saturated carbocycles. The van der Waals surface area contributed by atoms with Gasteiger partial charge in [0, 0.05) is 13.6 Å². The number of anilines is 1. The highest BCUT2D eigenvalue weighted by Crippen LogP contribution is 2.05. The van der Waals surface area contributed by atoms with E-state index in [1.54, 1.807) is 7.05 Å². The normalized spacial score (nSPS) is 9.62. The molecule has 6 heteroatoms. The summed E-state index contributed by atoms with van der Waals surface area (Å²) in [6.07, 6.45) is 0. The number of amides is 2. The Labute approximate surface area is 92.9 Å². The summed E-state index contributed by atoms with van der Waals surface area (Å²) in [6, 6.07) is 4.10. The number of rotatable bonds is 3. The molecule has 0 aliphatic rings. The van der Waals surface area contributed by atoms with Gasteiger partial charge in [0.25, 0.3) is 0 Å². The molecule has 2 N–H and O–H groups in total. The molecular weight excluding hydrogens is 210 g/mol. The summed E-state index contributed by atoms with van der Waals surface area (Å²) in [5.74, 6) is -0.898. The molecule has 0 bridgehead atoms. The van der Waals surface area contributed by atoms with Gasteiger partial charge in [-0.2, -0.15) is 0 Å². The zero-order chi connectivity index (χ0) is 12.1. The van der Waals surface area contributed by atoms with Crippen molar-refractivity contribution in [1.29, 1.82) is 0 Å². The fourth-order valence-corrected chi connectivity index (χ4v) is 0.972. The molecule has 1 heterocycles. The van der Waals surface area contributed by atoms with E-state index in [9.17, 15) is 9.59 Å². The van der Waals surface area contributed by atoms with E-state index < -0.39 is 5.97 Å². The van der Waals surface area contributed by atoms with Gasteiger partial charge in [0.15, 0.2) is 5.69 Å². The lowest BCUT2D eigenvalue weighted by atomic mass is 10.3. The quantitative estimate of drug-likeness (QED) is 0.808. The first-order valence-electron chi connectivity index (χ1n) is 4.77. The van der Waals surface area contributed by atoms with Crippen molar-refractivity contribution in [3.8, 4) is 0 Å². The van der Waals surface area contributed by atoms with Crippen molar-refractivity contribution in [3.63, 3.8) is 0 Å². The lowest BCUT2D eigenvalue weighted by Crippen LogP contribution is -2.31. The number of hydrogen-bond acceptors (Lipinski definition) is 3. The van der Waals surface area contributed by atoms with Gasteiger partial charge < -0.3 is 10.0 Å². The number of nitrogens with zero attached hydrogens (tertiary/aromatic N) is 2. The van der Waals surface area contributed by atoms with Crippen molar-refractivity contribution < 1.29 is 14.7 Å². The van der Waals surface area contributed by atoms with Gasteiger partial charge in [0.2, 0.25) is 0 Å². The summed E-state index contributed by atoms with van der Waals surface area (Å²) < 4.78 is 0. The Bertz CT molecular complexity index is 406. The van der Waals surface area contributed by atoms with E-state index in [0.717, 1.165) is 0 Å². The third-order valence-corrected chi connectivity index (χ3v) is 2.02. The number of hydrogen-bond donors (Lipinski definition) is 2. The molecule has 0 aliphatic heterocycles. The summed E-state index contributed by atoms with van der Waals surface area (Å²) >= 11 is 0. The third kappa shape index (κ3) is 2.94. The van der Waals surface area contributed by atoms with Crippen LogP contribution in [0.5, 0.6) is 0 Å². The van der Waals surface area contributed by atoms with E-state index >= 15 is 0 Å². The van der Waals surface area contributed by atoms with Gasteiger partial charge in [-0.05, 0) is 19.1 Å². The number of aromatic nitrogens is 1. The zero-order valence-electron chi connectivity index (χ0n) is 9.10. The maximum Gasteiger partial charge on any atom is 0.354 e. The predicted octanol–water partition coefficient (Wildman–Crippen LogP) is 1.26. The fraction of sp³-hybridized carbons (Fsp3) is 0.300. The number of carboxylic acids is 1. The Balaban J connectivity index is 2.78. The highest BCUT2D eigenvalue weighted by Gasteiger charge is 2.09. The lowest BCUT2D eigenvalue weighted by molar-refractivity contribution is 0.0690. The first kappa shape index (κ1) is 12.0. The van der Waals surface area contributed by atoms with Gasteiger partial charge >= 0.3 is 12.0 Å². The van der Waals surface area contributed by atoms with E-state index in [-0.39, 0.29) is 17.5 Å². The molecule has 0 unspecified atom stereocenters. The molecule has 0 spiro atoms. The summed E-state index contributed by atoms with van der Waals surface area (Å²) in [7, 11) is 1.64. The molecule has 0 aliphatic carbocycles. The Hall–Kier alpha value is -2.11. The average molecular weight is 223 g/mol. The topological polar surface area (TPSA) is 82.5 Å². The van der Waals surface area contributed by atoms with Crippen molar-refractivity contribution in [1.82, 2.24) is 9.88 Å². The standard InChI is InChI=1S/C10H13N3O3/c1-3-13(2)10(16)12-8-6-4-5-7(11-8)9(14)15/h4-6H,3H2,1-2H3,(H,14,15)(H,11,12,16). The molecule has 1 aromatic rings. The zero-order valence-corrected chi connectivity index (χ0v) is 9.10. The van der Waals surface area contributed by atoms with Crippen molar-refractivity contribution in [2.24, 2.45) is 0 Å². The molecule has 86 valence electrons. The van der Waals surface area contributed by atoms with E-state index in [1.807, 2.05) is 6.92 Å². The predicted molar refractivity (Wildman–Crippen MR) is 58.5 cm³/mol. The average Bonchev–Trinajstić information content (AvgIpc) is 2.28. The minimum absolute atomic E-state index is 0.100. The highest BCUT2D eigenvalue weighted by atomic mass is 16.4. The first-order chi connectivity index (χ1) is 7.54. The molecule has 6 nitrogen and oxygen atoms in total. The largest absolute Gasteiger partial charge is 0.477 e. The summed E-state index contributed by atoms with van der Waals surface area (Å²) in [4.78, 5) is 27.3. The molecule has 0 radical (unpaired) electrons. The Morgan fingerprint density at radius 3 is 2.75 bits per heavy atom. The van der Waals surface area contributed by atoms with Crippen LogP contribution in [0.15, 0.2) is 18.2 Å². The summed E-state index contributed by atoms with van der Waals surface area (Å²) in [5, 5.41) is 11.2. The SMILES string of the molecule is CCN(C)C(=O)Nc1cccc(C(=O)O)n1. The van der Waals surface area contributed by atoms with Crippen molar-refractivity contribution in [3.05, 3.63) is 23.9 Å². The van der Waals surface area contributed by atoms with Crippen LogP contribution in [0.2, 0.25) is 0 Å². The number of carboxylic acid groups (broad SMARTS) is 1. The van der Waals surface area contributed by atoms with Gasteiger partial charge in [-0.25, -0.2) is 14.6 Å². The minimum atomic E-state index is -1.13. The monoisotopic (exact) mass is 223 g/mol. The Morgan fingerprint density at radius 1 is 1.50 bits per heavy atom. The van der Waals surface area contributed by atoms with Crippen LogP contribution >= 0.6 is 0 Å². The highest BCUT2D eigenvalue weighted by molar-refractivity contribution is 5.90. The minimum Gasteiger partial charge on any atom is -0.477 e. The molecule has 0 saturated heterocycles. The van der Waals surface area contributed by atoms with Crippen LogP contribution in [0, 0.1) is 0 Å². The summed E-state index contributed by atoms with van der Waals surface area (Å²) in [5.41, 5.74) is -0.100. The molecule has 0 fully saturated rings. The summed E-state index contributed by atoms with van der Waals surface area (Å²) in [6.45, 7) is 2.39. The number of aromatic carboxylic acids is 1. The van der Waals surface area contributed by atoms with Gasteiger partial charge in [-0.1, -0.05) is 6.07 Å². The lowest BCUT2D eigenvalue weighted by Gasteiger charge is -2.14. The number of urea groups is 1. The van der Waals surface area contributed by atoms with Crippen molar-refractivity contribution in [2.45, 2.75) is 6.92 Å². The fourth-order valence-electron chi connectivity index (χ4n) is 0.972. The Kier molecular flexibility index (Phi) is 3.82. The van der Waals surface area contributed by atoms with Crippen molar-refractivity contribution in [2.75, 3.05) is 18.9 Å². The molecule has 2 amide bonds. The number of pyridine rings is 1. The first-order valence-corrected chi connectivity index (χ1v) is 4.77. The molecule has 1 aromatic heterocycles. The third-order valence-electron chi connectivity index (χ3n) is 2.02. The molecular formula is C10H13N3O3. The van der Waals surface area contributed by atoms with E-state index in [2.05, 4.69) is 10.3 Å². The van der Waals surface area contributed by atoms with Crippen LogP contribution in [0.3, 0.4) is 0 Å². The van der Waals surface area contributed by atoms with E-state index in [4.69, 9.17) is 5.11 Å². The second-order valence-electron chi connectivity index (χ2n) is 3.16. The van der Waals surface area contributed by atoms with E-state index in [0.29, 0.717) is 6.54 Å². The maximum absolute atomic E-state index is 11.5. The van der Waals surface area contributed by atoms with Gasteiger partial charge in [0.05, 0.1) is 0 Å². The van der Waals surface area contributed by atoms with Crippen LogP contribution in [-0.4, -0.2) is 40.6 Å². The van der Waals surface area contributed by atoms with Gasteiger partial charge in [-0.15, -0.1) is 0 Å². The number of carbonyl (C=O) groups excluding carboxylic acids is 1. The molecule has 1 rings (SSSR count). The molecule has 16 heavy (non-hydrogen) atoms. The van der Waals surface area contributed by atoms with Gasteiger partial charge in [-0.3, -0.25) is 5.32 Å². The van der Waals surface area contributed by atoms with Crippen molar-refractivity contribution >= 4 is 17.8 Å². The number of nitrogens with one attached hydrogen (secondary N) is 1. The maximum atomic E-state index is 11.5. The van der Waals surface area contributed by atoms with E-state index in [1.165, 1.54) is 23.1 Å². The molecule has 0 aromatic carbocycles. The Morgan fingerprint density at radius 2 is 2.19 bits per heavy atom. The van der Waals surface area contributed by atoms with Crippen LogP contribution in [0.1, 0.15) is 17.4 Å². The number of carbonyl (C=O) groups is 2. The van der Waals surface area contributed by atoms with Crippen LogP contribution in [-0.2, 0) is 0 Å². The van der Waals surface area contributed by atoms with Crippen LogP contribution < -0.4 is 5.32 Å². The molecule has 0 atom stereocenters. The smallest absolute Gasteiger partial charge is 0.354 e. The second-order valence-corrected chi connectivity index (χ2v) is 3.16. The van der Waals surface area contributed by atoms with Gasteiger partial charge in [0.1, 0.15) is 5.82 Å². The van der Waals surface area contributed by atoms with Crippen LogP contribution in [0.4, 0.5) is 10.6 Å². The second kappa shape index (κ2) is 5.11.